The fraction of sp³-hybridized carbons (Fsp3) is 0.850. The lowest BCUT2D eigenvalue weighted by molar-refractivity contribution is -0.154. The minimum atomic E-state index is -0.445. The van der Waals surface area contributed by atoms with Gasteiger partial charge in [0.05, 0.1) is 11.5 Å². The minimum absolute atomic E-state index is 0.0362. The van der Waals surface area contributed by atoms with Crippen molar-refractivity contribution in [1.29, 1.82) is 5.26 Å². The van der Waals surface area contributed by atoms with Crippen LogP contribution in [0, 0.1) is 45.3 Å². The molecule has 0 heterocycles. The number of rotatable bonds is 0. The first kappa shape index (κ1) is 15.4. The number of nitriles is 1. The molecule has 4 rings (SSSR count). The van der Waals surface area contributed by atoms with Gasteiger partial charge >= 0.3 is 0 Å². The molecule has 0 N–H and O–H groups in total. The smallest absolute Gasteiger partial charge is 0.139 e. The number of hydrogen-bond donors (Lipinski definition) is 0. The van der Waals surface area contributed by atoms with E-state index in [1.165, 1.54) is 0 Å². The predicted octanol–water partition coefficient (Wildman–Crippen LogP) is 4.06. The number of nitrogens with zero attached hydrogens (tertiary/aromatic N) is 1. The van der Waals surface area contributed by atoms with Gasteiger partial charge in [0, 0.05) is 24.7 Å². The highest BCUT2D eigenvalue weighted by atomic mass is 16.1. The first-order chi connectivity index (χ1) is 10.9. The zero-order valence-corrected chi connectivity index (χ0v) is 14.4. The molecule has 0 aromatic heterocycles. The molecule has 4 fully saturated rings. The molecular weight excluding hydrogens is 286 g/mol. The number of hydrogen-bond acceptors (Lipinski definition) is 3. The molecule has 4 saturated carbocycles. The maximum absolute atomic E-state index is 12.4. The average Bonchev–Trinajstić information content (AvgIpc) is 2.84. The van der Waals surface area contributed by atoms with Gasteiger partial charge in [0.15, 0.2) is 0 Å². The summed E-state index contributed by atoms with van der Waals surface area (Å²) < 4.78 is 0. The van der Waals surface area contributed by atoms with Crippen LogP contribution in [0.2, 0.25) is 0 Å². The Balaban J connectivity index is 1.73. The Morgan fingerprint density at radius 1 is 1.00 bits per heavy atom. The standard InChI is InChI=1S/C20H27NO2/c1-18-8-7-16-14(15(18)3-4-17(18)23)6-10-20(12-21)11-13(22)5-9-19(16,20)2/h14-16H,3-11H2,1-2H3/t14-,15-,16+,18-,19+,20-/m0/s1. The van der Waals surface area contributed by atoms with Crippen LogP contribution in [0.5, 0.6) is 0 Å². The van der Waals surface area contributed by atoms with Crippen molar-refractivity contribution < 1.29 is 9.59 Å². The van der Waals surface area contributed by atoms with Crippen molar-refractivity contribution in [3.05, 3.63) is 0 Å². The molecule has 0 unspecified atom stereocenters. The van der Waals surface area contributed by atoms with Crippen LogP contribution < -0.4 is 0 Å². The molecule has 23 heavy (non-hydrogen) atoms. The Hall–Kier alpha value is -1.17. The van der Waals surface area contributed by atoms with Gasteiger partial charge in [-0.3, -0.25) is 9.59 Å². The second-order valence-corrected chi connectivity index (χ2v) is 9.16. The molecule has 0 aromatic rings. The topological polar surface area (TPSA) is 57.9 Å². The Morgan fingerprint density at radius 3 is 2.52 bits per heavy atom. The largest absolute Gasteiger partial charge is 0.300 e. The van der Waals surface area contributed by atoms with Crippen LogP contribution in [0.25, 0.3) is 0 Å². The molecule has 0 spiro atoms. The number of ketones is 2. The van der Waals surface area contributed by atoms with E-state index in [4.69, 9.17) is 0 Å². The number of fused-ring (bicyclic) bond motifs is 5. The summed E-state index contributed by atoms with van der Waals surface area (Å²) in [7, 11) is 0. The van der Waals surface area contributed by atoms with Crippen molar-refractivity contribution in [1.82, 2.24) is 0 Å². The van der Waals surface area contributed by atoms with Crippen LogP contribution in [0.1, 0.15) is 71.6 Å². The lowest BCUT2D eigenvalue weighted by Gasteiger charge is -2.62. The summed E-state index contributed by atoms with van der Waals surface area (Å²) in [5.74, 6) is 2.37. The Bertz CT molecular complexity index is 620. The second kappa shape index (κ2) is 4.68. The average molecular weight is 313 g/mol. The molecule has 0 aromatic carbocycles. The third kappa shape index (κ3) is 1.76. The van der Waals surface area contributed by atoms with Gasteiger partial charge in [0.2, 0.25) is 0 Å². The van der Waals surface area contributed by atoms with E-state index in [1.54, 1.807) is 0 Å². The van der Waals surface area contributed by atoms with E-state index in [1.807, 2.05) is 0 Å². The molecule has 6 atom stereocenters. The molecule has 0 amide bonds. The van der Waals surface area contributed by atoms with Crippen LogP contribution >= 0.6 is 0 Å². The van der Waals surface area contributed by atoms with E-state index in [2.05, 4.69) is 19.9 Å². The lowest BCUT2D eigenvalue weighted by Crippen LogP contribution is -2.58. The quantitative estimate of drug-likeness (QED) is 0.677. The SMILES string of the molecule is C[C@]12CC[C@@H]3[C@@H](CC[C@@]4(C#N)CC(=O)CC[C@]34C)[C@@H]1CCC2=O. The first-order valence-corrected chi connectivity index (χ1v) is 9.33. The third-order valence-electron chi connectivity index (χ3n) is 8.60. The van der Waals surface area contributed by atoms with Crippen molar-refractivity contribution in [3.63, 3.8) is 0 Å². The molecular formula is C20H27NO2. The van der Waals surface area contributed by atoms with E-state index in [9.17, 15) is 14.9 Å². The highest BCUT2D eigenvalue weighted by molar-refractivity contribution is 5.87. The van der Waals surface area contributed by atoms with Crippen LogP contribution in [0.3, 0.4) is 0 Å². The summed E-state index contributed by atoms with van der Waals surface area (Å²) in [4.78, 5) is 24.5. The summed E-state index contributed by atoms with van der Waals surface area (Å²) in [6.07, 6.45) is 7.72. The van der Waals surface area contributed by atoms with E-state index in [0.29, 0.717) is 36.4 Å². The van der Waals surface area contributed by atoms with Crippen LogP contribution in [0.4, 0.5) is 0 Å². The van der Waals surface area contributed by atoms with Crippen molar-refractivity contribution in [3.8, 4) is 6.07 Å². The zero-order chi connectivity index (χ0) is 16.5. The van der Waals surface area contributed by atoms with Crippen molar-refractivity contribution >= 4 is 11.6 Å². The molecule has 124 valence electrons. The first-order valence-electron chi connectivity index (χ1n) is 9.33. The Kier molecular flexibility index (Phi) is 3.13. The highest BCUT2D eigenvalue weighted by Crippen LogP contribution is 2.68. The van der Waals surface area contributed by atoms with Crippen LogP contribution in [-0.2, 0) is 9.59 Å². The number of carbonyl (C=O) groups is 2. The maximum atomic E-state index is 12.4. The van der Waals surface area contributed by atoms with E-state index in [0.717, 1.165) is 44.9 Å². The highest BCUT2D eigenvalue weighted by Gasteiger charge is 2.65. The maximum Gasteiger partial charge on any atom is 0.139 e. The van der Waals surface area contributed by atoms with Gasteiger partial charge in [-0.25, -0.2) is 0 Å². The summed E-state index contributed by atoms with van der Waals surface area (Å²) in [6, 6.07) is 2.61. The second-order valence-electron chi connectivity index (χ2n) is 9.16. The Labute approximate surface area is 138 Å². The molecule has 0 radical (unpaired) electrons. The molecule has 0 aliphatic heterocycles. The zero-order valence-electron chi connectivity index (χ0n) is 14.4. The van der Waals surface area contributed by atoms with Crippen LogP contribution in [0.15, 0.2) is 0 Å². The monoisotopic (exact) mass is 313 g/mol. The molecule has 0 bridgehead atoms. The fourth-order valence-corrected chi connectivity index (χ4v) is 7.07. The minimum Gasteiger partial charge on any atom is -0.300 e. The molecule has 4 aliphatic rings. The predicted molar refractivity (Wildman–Crippen MR) is 86.3 cm³/mol. The molecule has 4 aliphatic carbocycles. The van der Waals surface area contributed by atoms with Gasteiger partial charge in [-0.1, -0.05) is 13.8 Å². The molecule has 3 heteroatoms. The van der Waals surface area contributed by atoms with E-state index >= 15 is 0 Å². The van der Waals surface area contributed by atoms with E-state index < -0.39 is 5.41 Å². The van der Waals surface area contributed by atoms with Crippen molar-refractivity contribution in [2.24, 2.45) is 34.0 Å². The van der Waals surface area contributed by atoms with Gasteiger partial charge in [-0.2, -0.15) is 5.26 Å². The lowest BCUT2D eigenvalue weighted by atomic mass is 9.40. The number of Topliss-reactive ketones (excluding diaryl/α,β-unsaturated/α-hetero) is 2. The summed E-state index contributed by atoms with van der Waals surface area (Å²) in [6.45, 7) is 4.49. The summed E-state index contributed by atoms with van der Waals surface area (Å²) in [5, 5.41) is 9.97. The molecule has 3 nitrogen and oxygen atoms in total. The Morgan fingerprint density at radius 2 is 1.78 bits per heavy atom. The normalized spacial score (nSPS) is 52.3. The third-order valence-corrected chi connectivity index (χ3v) is 8.60. The number of carbonyl (C=O) groups excluding carboxylic acids is 2. The van der Waals surface area contributed by atoms with Crippen molar-refractivity contribution in [2.75, 3.05) is 0 Å². The van der Waals surface area contributed by atoms with Gasteiger partial charge in [0.1, 0.15) is 11.6 Å². The van der Waals surface area contributed by atoms with Crippen molar-refractivity contribution in [2.45, 2.75) is 71.6 Å². The van der Waals surface area contributed by atoms with Gasteiger partial charge in [-0.05, 0) is 61.7 Å². The molecule has 0 saturated heterocycles. The summed E-state index contributed by atoms with van der Waals surface area (Å²) >= 11 is 0. The van der Waals surface area contributed by atoms with Gasteiger partial charge < -0.3 is 0 Å². The fourth-order valence-electron chi connectivity index (χ4n) is 7.07. The van der Waals surface area contributed by atoms with Gasteiger partial charge in [0.25, 0.3) is 0 Å². The van der Waals surface area contributed by atoms with Crippen LogP contribution in [-0.4, -0.2) is 11.6 Å². The summed E-state index contributed by atoms with van der Waals surface area (Å²) in [5.41, 5.74) is -0.583. The van der Waals surface area contributed by atoms with Gasteiger partial charge in [-0.15, -0.1) is 0 Å². The van der Waals surface area contributed by atoms with E-state index in [-0.39, 0.29) is 16.6 Å².